The number of hydrogen-bond acceptors (Lipinski definition) is 4. The van der Waals surface area contributed by atoms with E-state index in [4.69, 9.17) is 10.5 Å². The van der Waals surface area contributed by atoms with Gasteiger partial charge in [-0.15, -0.1) is 0 Å². The summed E-state index contributed by atoms with van der Waals surface area (Å²) in [6, 6.07) is 0.0609. The van der Waals surface area contributed by atoms with Crippen molar-refractivity contribution in [2.24, 2.45) is 5.73 Å². The first-order valence-corrected chi connectivity index (χ1v) is 7.04. The average molecular weight is 272 g/mol. The molecule has 0 spiro atoms. The van der Waals surface area contributed by atoms with E-state index in [2.05, 4.69) is 0 Å². The largest absolute Gasteiger partial charge is 0.444 e. The summed E-state index contributed by atoms with van der Waals surface area (Å²) in [5.74, 6) is 0. The first kappa shape index (κ1) is 16.2. The molecule has 1 rings (SSSR count). The highest BCUT2D eigenvalue weighted by atomic mass is 16.6. The molecule has 0 bridgehead atoms. The quantitative estimate of drug-likeness (QED) is 0.822. The number of aliphatic hydroxyl groups is 1. The second-order valence-corrected chi connectivity index (χ2v) is 6.84. The first-order chi connectivity index (χ1) is 8.64. The molecule has 1 aliphatic heterocycles. The average Bonchev–Trinajstić information content (AvgIpc) is 2.27. The van der Waals surface area contributed by atoms with Gasteiger partial charge in [0, 0.05) is 18.1 Å². The molecular formula is C14H28N2O3. The van der Waals surface area contributed by atoms with Gasteiger partial charge in [0.1, 0.15) is 5.60 Å². The highest BCUT2D eigenvalue weighted by Crippen LogP contribution is 2.25. The third-order valence-corrected chi connectivity index (χ3v) is 3.32. The van der Waals surface area contributed by atoms with E-state index < -0.39 is 11.1 Å². The van der Waals surface area contributed by atoms with Gasteiger partial charge in [-0.25, -0.2) is 4.79 Å². The summed E-state index contributed by atoms with van der Waals surface area (Å²) < 4.78 is 5.44. The molecule has 2 unspecified atom stereocenters. The fraction of sp³-hybridized carbons (Fsp3) is 0.929. The van der Waals surface area contributed by atoms with Crippen molar-refractivity contribution in [1.82, 2.24) is 4.90 Å². The number of carbonyl (C=O) groups excluding carboxylic acids is 1. The first-order valence-electron chi connectivity index (χ1n) is 7.04. The smallest absolute Gasteiger partial charge is 0.410 e. The van der Waals surface area contributed by atoms with E-state index in [1.54, 1.807) is 4.90 Å². The zero-order valence-corrected chi connectivity index (χ0v) is 12.6. The van der Waals surface area contributed by atoms with Gasteiger partial charge in [-0.2, -0.15) is 0 Å². The van der Waals surface area contributed by atoms with Crippen LogP contribution in [0.15, 0.2) is 0 Å². The molecule has 5 nitrogen and oxygen atoms in total. The minimum atomic E-state index is -0.651. The van der Waals surface area contributed by atoms with Gasteiger partial charge >= 0.3 is 6.09 Å². The van der Waals surface area contributed by atoms with Crippen LogP contribution in [0.2, 0.25) is 0 Å². The second kappa shape index (κ2) is 6.09. The van der Waals surface area contributed by atoms with Crippen LogP contribution in [-0.2, 0) is 4.74 Å². The standard InChI is InChI=1S/C14H28N2O3/c1-13(2,3)19-12(18)16-8-6-5-7-11(16)9-14(4,15)10-17/h11,17H,5-10,15H2,1-4H3. The Balaban J connectivity index is 2.70. The molecule has 0 aromatic heterocycles. The van der Waals surface area contributed by atoms with Crippen molar-refractivity contribution in [3.8, 4) is 0 Å². The molecule has 1 aliphatic rings. The molecule has 5 heteroatoms. The van der Waals surface area contributed by atoms with Crippen molar-refractivity contribution < 1.29 is 14.6 Å². The lowest BCUT2D eigenvalue weighted by Gasteiger charge is -2.39. The second-order valence-electron chi connectivity index (χ2n) is 6.84. The normalized spacial score (nSPS) is 23.9. The molecule has 3 N–H and O–H groups in total. The minimum Gasteiger partial charge on any atom is -0.444 e. The van der Waals surface area contributed by atoms with Crippen molar-refractivity contribution in [1.29, 1.82) is 0 Å². The number of hydrogen-bond donors (Lipinski definition) is 2. The van der Waals surface area contributed by atoms with Crippen molar-refractivity contribution in [2.45, 2.75) is 70.6 Å². The van der Waals surface area contributed by atoms with E-state index in [-0.39, 0.29) is 18.7 Å². The Hall–Kier alpha value is -0.810. The van der Waals surface area contributed by atoms with Crippen LogP contribution < -0.4 is 5.73 Å². The van der Waals surface area contributed by atoms with Crippen LogP contribution in [0.4, 0.5) is 4.79 Å². The zero-order chi connectivity index (χ0) is 14.7. The van der Waals surface area contributed by atoms with E-state index in [9.17, 15) is 9.90 Å². The number of nitrogens with two attached hydrogens (primary N) is 1. The molecule has 19 heavy (non-hydrogen) atoms. The summed E-state index contributed by atoms with van der Waals surface area (Å²) in [6.07, 6.45) is 3.34. The fourth-order valence-corrected chi connectivity index (χ4v) is 2.38. The molecule has 1 heterocycles. The third kappa shape index (κ3) is 5.37. The van der Waals surface area contributed by atoms with Crippen LogP contribution in [0.3, 0.4) is 0 Å². The summed E-state index contributed by atoms with van der Waals surface area (Å²) in [5.41, 5.74) is 4.87. The van der Waals surface area contributed by atoms with Crippen molar-refractivity contribution in [3.05, 3.63) is 0 Å². The predicted molar refractivity (Wildman–Crippen MR) is 74.9 cm³/mol. The highest BCUT2D eigenvalue weighted by Gasteiger charge is 2.34. The summed E-state index contributed by atoms with van der Waals surface area (Å²) >= 11 is 0. The molecule has 1 saturated heterocycles. The summed E-state index contributed by atoms with van der Waals surface area (Å²) in [5, 5.41) is 9.28. The van der Waals surface area contributed by atoms with Gasteiger partial charge in [-0.05, 0) is 53.4 Å². The third-order valence-electron chi connectivity index (χ3n) is 3.32. The van der Waals surface area contributed by atoms with Gasteiger partial charge in [0.05, 0.1) is 6.61 Å². The summed E-state index contributed by atoms with van der Waals surface area (Å²) in [6.45, 7) is 8.04. The maximum absolute atomic E-state index is 12.2. The maximum Gasteiger partial charge on any atom is 0.410 e. The van der Waals surface area contributed by atoms with Crippen LogP contribution in [0.25, 0.3) is 0 Å². The molecule has 0 saturated carbocycles. The highest BCUT2D eigenvalue weighted by molar-refractivity contribution is 5.68. The number of carbonyl (C=O) groups is 1. The lowest BCUT2D eigenvalue weighted by atomic mass is 9.89. The van der Waals surface area contributed by atoms with Crippen LogP contribution in [0.5, 0.6) is 0 Å². The van der Waals surface area contributed by atoms with Crippen LogP contribution >= 0.6 is 0 Å². The van der Waals surface area contributed by atoms with Crippen molar-refractivity contribution in [3.63, 3.8) is 0 Å². The maximum atomic E-state index is 12.2. The Morgan fingerprint density at radius 1 is 1.37 bits per heavy atom. The zero-order valence-electron chi connectivity index (χ0n) is 12.6. The number of piperidine rings is 1. The number of rotatable bonds is 3. The molecule has 0 radical (unpaired) electrons. The SMILES string of the molecule is CC(N)(CO)CC1CCCCN1C(=O)OC(C)(C)C. The predicted octanol–water partition coefficient (Wildman–Crippen LogP) is 1.88. The molecule has 0 aromatic carbocycles. The fourth-order valence-electron chi connectivity index (χ4n) is 2.38. The number of ether oxygens (including phenoxy) is 1. The van der Waals surface area contributed by atoms with Crippen LogP contribution in [0, 0.1) is 0 Å². The Morgan fingerprint density at radius 2 is 2.00 bits per heavy atom. The van der Waals surface area contributed by atoms with Crippen LogP contribution in [-0.4, -0.2) is 46.4 Å². The van der Waals surface area contributed by atoms with Gasteiger partial charge in [0.2, 0.25) is 0 Å². The number of aliphatic hydroxyl groups excluding tert-OH is 1. The van der Waals surface area contributed by atoms with Gasteiger partial charge < -0.3 is 20.5 Å². The Labute approximate surface area is 116 Å². The summed E-state index contributed by atoms with van der Waals surface area (Å²) in [7, 11) is 0. The topological polar surface area (TPSA) is 75.8 Å². The number of nitrogens with zero attached hydrogens (tertiary/aromatic N) is 1. The van der Waals surface area contributed by atoms with E-state index in [0.717, 1.165) is 19.3 Å². The molecule has 0 aliphatic carbocycles. The molecule has 2 atom stereocenters. The van der Waals surface area contributed by atoms with Gasteiger partial charge in [0.25, 0.3) is 0 Å². The van der Waals surface area contributed by atoms with E-state index >= 15 is 0 Å². The molecular weight excluding hydrogens is 244 g/mol. The Bertz CT molecular complexity index is 310. The van der Waals surface area contributed by atoms with Crippen molar-refractivity contribution >= 4 is 6.09 Å². The van der Waals surface area contributed by atoms with Gasteiger partial charge in [0.15, 0.2) is 0 Å². The minimum absolute atomic E-state index is 0.0609. The van der Waals surface area contributed by atoms with E-state index in [1.807, 2.05) is 27.7 Å². The lowest BCUT2D eigenvalue weighted by Crippen LogP contribution is -2.52. The molecule has 112 valence electrons. The Morgan fingerprint density at radius 3 is 2.53 bits per heavy atom. The van der Waals surface area contributed by atoms with E-state index in [0.29, 0.717) is 13.0 Å². The van der Waals surface area contributed by atoms with Crippen molar-refractivity contribution in [2.75, 3.05) is 13.2 Å². The van der Waals surface area contributed by atoms with Gasteiger partial charge in [-0.3, -0.25) is 0 Å². The lowest BCUT2D eigenvalue weighted by molar-refractivity contribution is 0.00486. The molecule has 1 fully saturated rings. The molecule has 0 aromatic rings. The Kier molecular flexibility index (Phi) is 5.21. The summed E-state index contributed by atoms with van der Waals surface area (Å²) in [4.78, 5) is 14.0. The van der Waals surface area contributed by atoms with E-state index in [1.165, 1.54) is 0 Å². The number of likely N-dealkylation sites (tertiary alicyclic amines) is 1. The number of amides is 1. The monoisotopic (exact) mass is 272 g/mol. The van der Waals surface area contributed by atoms with Crippen LogP contribution in [0.1, 0.15) is 53.4 Å². The van der Waals surface area contributed by atoms with Gasteiger partial charge in [-0.1, -0.05) is 0 Å². The molecule has 1 amide bonds.